The Bertz CT molecular complexity index is 586. The molecule has 1 N–H and O–H groups in total. The highest BCUT2D eigenvalue weighted by Gasteiger charge is 2.39. The second-order valence-corrected chi connectivity index (χ2v) is 5.75. The van der Waals surface area contributed by atoms with Crippen molar-refractivity contribution >= 4 is 12.4 Å². The fraction of sp³-hybridized carbons (Fsp3) is 0.500. The molecule has 1 aliphatic heterocycles. The Morgan fingerprint density at radius 3 is 2.55 bits per heavy atom. The Labute approximate surface area is 136 Å². The van der Waals surface area contributed by atoms with Gasteiger partial charge in [-0.05, 0) is 32.9 Å². The number of halogens is 1. The maximum atomic E-state index is 5.58. The normalized spacial score (nSPS) is 17.0. The van der Waals surface area contributed by atoms with E-state index in [2.05, 4.69) is 34.5 Å². The molecular weight excluding hydrogens is 302 g/mol. The van der Waals surface area contributed by atoms with Gasteiger partial charge in [0.15, 0.2) is 0 Å². The highest BCUT2D eigenvalue weighted by Crippen LogP contribution is 2.33. The summed E-state index contributed by atoms with van der Waals surface area (Å²) in [7, 11) is 1.72. The Kier molecular flexibility index (Phi) is 5.56. The maximum Gasteiger partial charge on any atom is 0.235 e. The second kappa shape index (κ2) is 7.22. The van der Waals surface area contributed by atoms with Crippen LogP contribution < -0.4 is 5.32 Å². The summed E-state index contributed by atoms with van der Waals surface area (Å²) in [5.74, 6) is 1.35. The Hall–Kier alpha value is -1.43. The standard InChI is InChI=1S/C16H21N3O2.ClH/c1-12-3-5-13(6-4-12)14-18-15(21-19-14)16(11-20-2)7-9-17-10-8-16;/h3-6,17H,7-11H2,1-2H3;1H. The van der Waals surface area contributed by atoms with E-state index in [-0.39, 0.29) is 17.8 Å². The van der Waals surface area contributed by atoms with Crippen molar-refractivity contribution in [2.24, 2.45) is 0 Å². The monoisotopic (exact) mass is 323 g/mol. The number of nitrogens with one attached hydrogen (secondary N) is 1. The zero-order chi connectivity index (χ0) is 14.7. The lowest BCUT2D eigenvalue weighted by Crippen LogP contribution is -2.43. The maximum absolute atomic E-state index is 5.58. The van der Waals surface area contributed by atoms with Gasteiger partial charge in [-0.2, -0.15) is 4.98 Å². The van der Waals surface area contributed by atoms with Crippen molar-refractivity contribution < 1.29 is 9.26 Å². The van der Waals surface area contributed by atoms with Crippen molar-refractivity contribution in [3.05, 3.63) is 35.7 Å². The van der Waals surface area contributed by atoms with Gasteiger partial charge in [0, 0.05) is 12.7 Å². The first-order chi connectivity index (χ1) is 10.2. The van der Waals surface area contributed by atoms with Crippen LogP contribution in [0.1, 0.15) is 24.3 Å². The molecule has 1 aromatic heterocycles. The molecule has 0 amide bonds. The van der Waals surface area contributed by atoms with Crippen LogP contribution >= 0.6 is 12.4 Å². The van der Waals surface area contributed by atoms with Gasteiger partial charge in [-0.15, -0.1) is 12.4 Å². The molecule has 0 radical (unpaired) electrons. The molecule has 1 aromatic carbocycles. The SMILES string of the molecule is COCC1(c2nc(-c3ccc(C)cc3)no2)CCNCC1.Cl. The molecule has 22 heavy (non-hydrogen) atoms. The largest absolute Gasteiger partial charge is 0.384 e. The molecule has 0 saturated carbocycles. The van der Waals surface area contributed by atoms with Gasteiger partial charge in [-0.1, -0.05) is 35.0 Å². The third kappa shape index (κ3) is 3.32. The van der Waals surface area contributed by atoms with E-state index in [9.17, 15) is 0 Å². The summed E-state index contributed by atoms with van der Waals surface area (Å²) in [5.41, 5.74) is 2.05. The van der Waals surface area contributed by atoms with Gasteiger partial charge in [-0.3, -0.25) is 0 Å². The number of benzene rings is 1. The van der Waals surface area contributed by atoms with Gasteiger partial charge in [0.25, 0.3) is 0 Å². The molecule has 0 atom stereocenters. The summed E-state index contributed by atoms with van der Waals surface area (Å²) in [6, 6.07) is 8.16. The summed E-state index contributed by atoms with van der Waals surface area (Å²) in [6.07, 6.45) is 1.91. The zero-order valence-electron chi connectivity index (χ0n) is 13.0. The van der Waals surface area contributed by atoms with Crippen molar-refractivity contribution in [2.75, 3.05) is 26.8 Å². The molecule has 0 bridgehead atoms. The van der Waals surface area contributed by atoms with Crippen LogP contribution in [0.15, 0.2) is 28.8 Å². The number of piperidine rings is 1. The van der Waals surface area contributed by atoms with Gasteiger partial charge in [-0.25, -0.2) is 0 Å². The second-order valence-electron chi connectivity index (χ2n) is 5.75. The van der Waals surface area contributed by atoms with Crippen LogP contribution in [0.25, 0.3) is 11.4 Å². The minimum Gasteiger partial charge on any atom is -0.384 e. The lowest BCUT2D eigenvalue weighted by atomic mass is 9.79. The number of nitrogens with zero attached hydrogens (tertiary/aromatic N) is 2. The average Bonchev–Trinajstić information content (AvgIpc) is 3.00. The Balaban J connectivity index is 0.00000176. The predicted molar refractivity (Wildman–Crippen MR) is 87.4 cm³/mol. The van der Waals surface area contributed by atoms with E-state index in [4.69, 9.17) is 9.26 Å². The number of hydrogen-bond acceptors (Lipinski definition) is 5. The van der Waals surface area contributed by atoms with E-state index in [1.54, 1.807) is 7.11 Å². The zero-order valence-corrected chi connectivity index (χ0v) is 13.8. The number of aromatic nitrogens is 2. The topological polar surface area (TPSA) is 60.2 Å². The summed E-state index contributed by atoms with van der Waals surface area (Å²) in [5, 5.41) is 7.52. The minimum absolute atomic E-state index is 0. The van der Waals surface area contributed by atoms with E-state index in [1.165, 1.54) is 5.56 Å². The van der Waals surface area contributed by atoms with Crippen molar-refractivity contribution in [3.8, 4) is 11.4 Å². The third-order valence-corrected chi connectivity index (χ3v) is 4.17. The highest BCUT2D eigenvalue weighted by molar-refractivity contribution is 5.85. The Morgan fingerprint density at radius 2 is 1.91 bits per heavy atom. The van der Waals surface area contributed by atoms with Crippen LogP contribution in [-0.4, -0.2) is 36.9 Å². The van der Waals surface area contributed by atoms with Crippen molar-refractivity contribution in [3.63, 3.8) is 0 Å². The molecule has 0 unspecified atom stereocenters. The molecule has 6 heteroatoms. The highest BCUT2D eigenvalue weighted by atomic mass is 35.5. The van der Waals surface area contributed by atoms with Gasteiger partial charge >= 0.3 is 0 Å². The average molecular weight is 324 g/mol. The lowest BCUT2D eigenvalue weighted by molar-refractivity contribution is 0.0850. The molecule has 120 valence electrons. The summed E-state index contributed by atoms with van der Waals surface area (Å²) >= 11 is 0. The van der Waals surface area contributed by atoms with Crippen LogP contribution in [-0.2, 0) is 10.2 Å². The van der Waals surface area contributed by atoms with E-state index >= 15 is 0 Å². The van der Waals surface area contributed by atoms with E-state index < -0.39 is 0 Å². The van der Waals surface area contributed by atoms with Crippen LogP contribution in [0.3, 0.4) is 0 Å². The fourth-order valence-electron chi connectivity index (χ4n) is 2.86. The molecule has 0 aliphatic carbocycles. The van der Waals surface area contributed by atoms with E-state index in [0.29, 0.717) is 18.3 Å². The van der Waals surface area contributed by atoms with Gasteiger partial charge in [0.1, 0.15) is 0 Å². The van der Waals surface area contributed by atoms with Crippen molar-refractivity contribution in [1.82, 2.24) is 15.5 Å². The lowest BCUT2D eigenvalue weighted by Gasteiger charge is -2.33. The summed E-state index contributed by atoms with van der Waals surface area (Å²) in [6.45, 7) is 4.58. The van der Waals surface area contributed by atoms with Gasteiger partial charge in [0.05, 0.1) is 12.0 Å². The number of hydrogen-bond donors (Lipinski definition) is 1. The quantitative estimate of drug-likeness (QED) is 0.937. The molecule has 0 spiro atoms. The number of aryl methyl sites for hydroxylation is 1. The summed E-state index contributed by atoms with van der Waals surface area (Å²) in [4.78, 5) is 4.64. The van der Waals surface area contributed by atoms with E-state index in [1.807, 2.05) is 12.1 Å². The number of methoxy groups -OCH3 is 1. The fourth-order valence-corrected chi connectivity index (χ4v) is 2.86. The molecule has 3 rings (SSSR count). The van der Waals surface area contributed by atoms with Crippen LogP contribution in [0.4, 0.5) is 0 Å². The number of rotatable bonds is 4. The molecule has 2 heterocycles. The first-order valence-corrected chi connectivity index (χ1v) is 7.34. The third-order valence-electron chi connectivity index (χ3n) is 4.17. The number of ether oxygens (including phenoxy) is 1. The predicted octanol–water partition coefficient (Wildman–Crippen LogP) is 2.73. The first-order valence-electron chi connectivity index (χ1n) is 7.34. The molecule has 2 aromatic rings. The van der Waals surface area contributed by atoms with Gasteiger partial charge < -0.3 is 14.6 Å². The molecule has 1 aliphatic rings. The first kappa shape index (κ1) is 16.9. The smallest absolute Gasteiger partial charge is 0.235 e. The molecule has 5 nitrogen and oxygen atoms in total. The van der Waals surface area contributed by atoms with Crippen molar-refractivity contribution in [2.45, 2.75) is 25.2 Å². The summed E-state index contributed by atoms with van der Waals surface area (Å²) < 4.78 is 11.0. The van der Waals surface area contributed by atoms with Crippen molar-refractivity contribution in [1.29, 1.82) is 0 Å². The Morgan fingerprint density at radius 1 is 1.23 bits per heavy atom. The van der Waals surface area contributed by atoms with Crippen LogP contribution in [0.2, 0.25) is 0 Å². The van der Waals surface area contributed by atoms with Crippen LogP contribution in [0.5, 0.6) is 0 Å². The molecule has 1 saturated heterocycles. The minimum atomic E-state index is -0.157. The molecule has 1 fully saturated rings. The van der Waals surface area contributed by atoms with Gasteiger partial charge in [0.2, 0.25) is 11.7 Å². The molecular formula is C16H22ClN3O2. The van der Waals surface area contributed by atoms with E-state index in [0.717, 1.165) is 31.5 Å². The van der Waals surface area contributed by atoms with Crippen LogP contribution in [0, 0.1) is 6.92 Å².